The van der Waals surface area contributed by atoms with Crippen LogP contribution in [0.1, 0.15) is 10.4 Å². The molecular weight excluding hydrogens is 208 g/mol. The molecular formula is C9H9F2NOS. The molecule has 5 heteroatoms. The Kier molecular flexibility index (Phi) is 3.88. The number of thioether (sulfide) groups is 1. The number of carbonyl (C=O) groups excluding carboxylic acids is 1. The van der Waals surface area contributed by atoms with E-state index in [1.807, 2.05) is 0 Å². The fourth-order valence-electron chi connectivity index (χ4n) is 0.988. The lowest BCUT2D eigenvalue weighted by Crippen LogP contribution is -2.18. The number of benzene rings is 1. The summed E-state index contributed by atoms with van der Waals surface area (Å²) in [6, 6.07) is 6.28. The summed E-state index contributed by atoms with van der Waals surface area (Å²) in [7, 11) is 1.46. The third-order valence-electron chi connectivity index (χ3n) is 1.57. The van der Waals surface area contributed by atoms with Crippen LogP contribution in [-0.2, 0) is 0 Å². The van der Waals surface area contributed by atoms with Gasteiger partial charge >= 0.3 is 0 Å². The van der Waals surface area contributed by atoms with Crippen LogP contribution in [0.2, 0.25) is 0 Å². The number of rotatable bonds is 3. The van der Waals surface area contributed by atoms with Crippen molar-refractivity contribution in [2.45, 2.75) is 10.7 Å². The van der Waals surface area contributed by atoms with E-state index >= 15 is 0 Å². The van der Waals surface area contributed by atoms with Crippen molar-refractivity contribution in [3.05, 3.63) is 29.8 Å². The van der Waals surface area contributed by atoms with Gasteiger partial charge in [0.05, 0.1) is 5.56 Å². The minimum absolute atomic E-state index is 0.278. The molecule has 76 valence electrons. The number of hydrogen-bond acceptors (Lipinski definition) is 2. The maximum Gasteiger partial charge on any atom is 0.288 e. The van der Waals surface area contributed by atoms with Gasteiger partial charge in [0.2, 0.25) is 0 Å². The molecule has 0 aliphatic rings. The van der Waals surface area contributed by atoms with Crippen LogP contribution in [-0.4, -0.2) is 18.7 Å². The fourth-order valence-corrected chi connectivity index (χ4v) is 1.62. The topological polar surface area (TPSA) is 29.1 Å². The van der Waals surface area contributed by atoms with E-state index in [4.69, 9.17) is 0 Å². The average Bonchev–Trinajstić information content (AvgIpc) is 2.16. The van der Waals surface area contributed by atoms with Crippen molar-refractivity contribution in [2.24, 2.45) is 0 Å². The second-order valence-corrected chi connectivity index (χ2v) is 3.49. The molecule has 1 rings (SSSR count). The second kappa shape index (κ2) is 4.95. The molecule has 0 fully saturated rings. The summed E-state index contributed by atoms with van der Waals surface area (Å²) < 4.78 is 24.2. The van der Waals surface area contributed by atoms with E-state index < -0.39 is 5.76 Å². The van der Waals surface area contributed by atoms with Crippen molar-refractivity contribution in [1.82, 2.24) is 5.32 Å². The van der Waals surface area contributed by atoms with E-state index in [1.54, 1.807) is 12.1 Å². The number of nitrogens with one attached hydrogen (secondary N) is 1. The molecule has 14 heavy (non-hydrogen) atoms. The van der Waals surface area contributed by atoms with Crippen molar-refractivity contribution < 1.29 is 13.6 Å². The molecule has 0 aliphatic heterocycles. The van der Waals surface area contributed by atoms with E-state index in [-0.39, 0.29) is 11.5 Å². The van der Waals surface area contributed by atoms with Crippen molar-refractivity contribution in [3.8, 4) is 0 Å². The van der Waals surface area contributed by atoms with Gasteiger partial charge in [-0.3, -0.25) is 4.79 Å². The molecule has 0 aliphatic carbocycles. The Morgan fingerprint density at radius 2 is 2.07 bits per heavy atom. The zero-order valence-corrected chi connectivity index (χ0v) is 8.28. The van der Waals surface area contributed by atoms with E-state index in [0.29, 0.717) is 16.7 Å². The summed E-state index contributed by atoms with van der Waals surface area (Å²) in [5.41, 5.74) is 0.278. The summed E-state index contributed by atoms with van der Waals surface area (Å²) >= 11 is 0.375. The number of halogens is 2. The van der Waals surface area contributed by atoms with E-state index in [2.05, 4.69) is 5.32 Å². The Morgan fingerprint density at radius 3 is 2.64 bits per heavy atom. The number of hydrogen-bond donors (Lipinski definition) is 1. The number of alkyl halides is 2. The number of carbonyl (C=O) groups is 1. The molecule has 0 spiro atoms. The van der Waals surface area contributed by atoms with Crippen LogP contribution in [0.4, 0.5) is 8.78 Å². The predicted octanol–water partition coefficient (Wildman–Crippen LogP) is 2.36. The third-order valence-corrected chi connectivity index (χ3v) is 2.36. The van der Waals surface area contributed by atoms with E-state index in [1.165, 1.54) is 19.2 Å². The lowest BCUT2D eigenvalue weighted by Gasteiger charge is -2.06. The van der Waals surface area contributed by atoms with Crippen molar-refractivity contribution in [3.63, 3.8) is 0 Å². The largest absolute Gasteiger partial charge is 0.355 e. The lowest BCUT2D eigenvalue weighted by molar-refractivity contribution is 0.0960. The zero-order valence-electron chi connectivity index (χ0n) is 7.46. The first-order valence-corrected chi connectivity index (χ1v) is 4.79. The van der Waals surface area contributed by atoms with Gasteiger partial charge in [-0.15, -0.1) is 0 Å². The summed E-state index contributed by atoms with van der Waals surface area (Å²) in [5.74, 6) is -2.87. The Hall–Kier alpha value is -1.10. The second-order valence-electron chi connectivity index (χ2n) is 2.45. The maximum absolute atomic E-state index is 12.1. The minimum atomic E-state index is -2.51. The van der Waals surface area contributed by atoms with Crippen molar-refractivity contribution >= 4 is 17.7 Å². The normalized spacial score (nSPS) is 10.3. The first-order valence-electron chi connectivity index (χ1n) is 3.91. The summed E-state index contributed by atoms with van der Waals surface area (Å²) in [6.07, 6.45) is 0. The smallest absolute Gasteiger partial charge is 0.288 e. The van der Waals surface area contributed by atoms with E-state index in [0.717, 1.165) is 0 Å². The molecule has 0 saturated carbocycles. The van der Waals surface area contributed by atoms with Gasteiger partial charge in [-0.2, -0.15) is 8.78 Å². The Labute approximate surface area is 84.7 Å². The highest BCUT2D eigenvalue weighted by Gasteiger charge is 2.13. The first kappa shape index (κ1) is 11.0. The summed E-state index contributed by atoms with van der Waals surface area (Å²) in [6.45, 7) is 0. The molecule has 1 aromatic rings. The summed E-state index contributed by atoms with van der Waals surface area (Å²) in [5, 5.41) is 2.40. The van der Waals surface area contributed by atoms with Crippen LogP contribution >= 0.6 is 11.8 Å². The maximum atomic E-state index is 12.1. The molecule has 0 atom stereocenters. The Balaban J connectivity index is 2.97. The Bertz CT molecular complexity index is 330. The monoisotopic (exact) mass is 217 g/mol. The van der Waals surface area contributed by atoms with Crippen LogP contribution in [0, 0.1) is 0 Å². The fraction of sp³-hybridized carbons (Fsp3) is 0.222. The quantitative estimate of drug-likeness (QED) is 0.787. The van der Waals surface area contributed by atoms with Crippen LogP contribution in [0.15, 0.2) is 29.2 Å². The zero-order chi connectivity index (χ0) is 10.6. The number of amides is 1. The standard InChI is InChI=1S/C9H9F2NOS/c1-12-8(13)6-4-2-3-5-7(6)14-9(10)11/h2-5,9H,1H3,(H,12,13). The summed E-state index contributed by atoms with van der Waals surface area (Å²) in [4.78, 5) is 11.5. The van der Waals surface area contributed by atoms with Gasteiger partial charge in [0, 0.05) is 11.9 Å². The average molecular weight is 217 g/mol. The van der Waals surface area contributed by atoms with Gasteiger partial charge in [-0.1, -0.05) is 23.9 Å². The van der Waals surface area contributed by atoms with Gasteiger partial charge in [0.15, 0.2) is 0 Å². The molecule has 1 N–H and O–H groups in total. The third kappa shape index (κ3) is 2.70. The molecule has 0 unspecified atom stereocenters. The highest BCUT2D eigenvalue weighted by atomic mass is 32.2. The van der Waals surface area contributed by atoms with E-state index in [9.17, 15) is 13.6 Å². The molecule has 0 aromatic heterocycles. The van der Waals surface area contributed by atoms with Crippen LogP contribution in [0.5, 0.6) is 0 Å². The van der Waals surface area contributed by atoms with Gasteiger partial charge in [0.1, 0.15) is 0 Å². The highest BCUT2D eigenvalue weighted by molar-refractivity contribution is 7.99. The van der Waals surface area contributed by atoms with Gasteiger partial charge in [0.25, 0.3) is 11.7 Å². The molecule has 0 heterocycles. The van der Waals surface area contributed by atoms with Crippen molar-refractivity contribution in [2.75, 3.05) is 7.05 Å². The molecule has 2 nitrogen and oxygen atoms in total. The van der Waals surface area contributed by atoms with Crippen LogP contribution in [0.3, 0.4) is 0 Å². The Morgan fingerprint density at radius 1 is 1.43 bits per heavy atom. The molecule has 0 bridgehead atoms. The predicted molar refractivity (Wildman–Crippen MR) is 51.7 cm³/mol. The van der Waals surface area contributed by atoms with Crippen LogP contribution < -0.4 is 5.32 Å². The lowest BCUT2D eigenvalue weighted by atomic mass is 10.2. The molecule has 1 aromatic carbocycles. The SMILES string of the molecule is CNC(=O)c1ccccc1SC(F)F. The molecule has 0 radical (unpaired) electrons. The van der Waals surface area contributed by atoms with Gasteiger partial charge in [-0.25, -0.2) is 0 Å². The van der Waals surface area contributed by atoms with Crippen LogP contribution in [0.25, 0.3) is 0 Å². The minimum Gasteiger partial charge on any atom is -0.355 e. The van der Waals surface area contributed by atoms with Crippen molar-refractivity contribution in [1.29, 1.82) is 0 Å². The molecule has 1 amide bonds. The highest BCUT2D eigenvalue weighted by Crippen LogP contribution is 2.28. The van der Waals surface area contributed by atoms with Gasteiger partial charge < -0.3 is 5.32 Å². The van der Waals surface area contributed by atoms with Gasteiger partial charge in [-0.05, 0) is 12.1 Å². The first-order chi connectivity index (χ1) is 6.65. The molecule has 0 saturated heterocycles.